The van der Waals surface area contributed by atoms with Crippen LogP contribution in [0.1, 0.15) is 23.4 Å². The van der Waals surface area contributed by atoms with E-state index in [1.165, 1.54) is 13.0 Å². The van der Waals surface area contributed by atoms with Crippen LogP contribution in [0, 0.1) is 0 Å². The fourth-order valence-corrected chi connectivity index (χ4v) is 1.45. The molecule has 1 rings (SSSR count). The summed E-state index contributed by atoms with van der Waals surface area (Å²) in [6, 6.07) is 4.75. The molecule has 76 valence electrons. The molecule has 1 atom stereocenters. The Morgan fingerprint density at radius 3 is 2.71 bits per heavy atom. The van der Waals surface area contributed by atoms with Gasteiger partial charge in [0.25, 0.3) is 0 Å². The number of halogens is 2. The van der Waals surface area contributed by atoms with E-state index in [-0.39, 0.29) is 17.4 Å². The fraction of sp³-hybridized carbons (Fsp3) is 0.300. The summed E-state index contributed by atoms with van der Waals surface area (Å²) in [5.74, 6) is 0.190. The monoisotopic (exact) mass is 232 g/mol. The lowest BCUT2D eigenvalue weighted by Gasteiger charge is -2.08. The molecule has 0 bridgehead atoms. The summed E-state index contributed by atoms with van der Waals surface area (Å²) in [5, 5.41) is 8.67. The molecule has 0 aliphatic rings. The average Bonchev–Trinajstić information content (AvgIpc) is 2.17. The van der Waals surface area contributed by atoms with Crippen LogP contribution in [-0.4, -0.2) is 10.9 Å². The van der Waals surface area contributed by atoms with Gasteiger partial charge in [0.1, 0.15) is 11.1 Å². The van der Waals surface area contributed by atoms with Crippen molar-refractivity contribution in [3.63, 3.8) is 0 Å². The molecule has 0 aliphatic carbocycles. The van der Waals surface area contributed by atoms with Crippen LogP contribution in [-0.2, 0) is 10.7 Å². The molecule has 0 spiro atoms. The molecule has 0 fully saturated rings. The molecular formula is C10H10Cl2O2. The number of hydrogen-bond donors (Lipinski definition) is 1. The maximum atomic E-state index is 11.0. The van der Waals surface area contributed by atoms with Gasteiger partial charge in [-0.2, -0.15) is 0 Å². The number of alkyl halides is 2. The number of benzene rings is 1. The van der Waals surface area contributed by atoms with Crippen molar-refractivity contribution in [1.82, 2.24) is 0 Å². The Balaban J connectivity index is 3.06. The molecule has 1 unspecified atom stereocenters. The van der Waals surface area contributed by atoms with Gasteiger partial charge in [0.15, 0.2) is 5.78 Å². The molecule has 0 aromatic heterocycles. The van der Waals surface area contributed by atoms with Crippen LogP contribution in [0.25, 0.3) is 0 Å². The van der Waals surface area contributed by atoms with E-state index >= 15 is 0 Å². The number of aromatic hydroxyl groups is 1. The summed E-state index contributed by atoms with van der Waals surface area (Å²) < 4.78 is 0. The van der Waals surface area contributed by atoms with Gasteiger partial charge in [0, 0.05) is 5.56 Å². The van der Waals surface area contributed by atoms with Crippen molar-refractivity contribution in [1.29, 1.82) is 0 Å². The minimum atomic E-state index is -0.669. The predicted octanol–water partition coefficient (Wildman–Crippen LogP) is 3.00. The first-order valence-electron chi connectivity index (χ1n) is 4.08. The summed E-state index contributed by atoms with van der Waals surface area (Å²) in [4.78, 5) is 11.0. The number of hydrogen-bond acceptors (Lipinski definition) is 2. The zero-order valence-electron chi connectivity index (χ0n) is 7.63. The Morgan fingerprint density at radius 2 is 2.21 bits per heavy atom. The van der Waals surface area contributed by atoms with Crippen LogP contribution in [0.4, 0.5) is 0 Å². The maximum Gasteiger partial charge on any atom is 0.152 e. The van der Waals surface area contributed by atoms with Gasteiger partial charge in [-0.05, 0) is 24.6 Å². The normalized spacial score (nSPS) is 12.5. The van der Waals surface area contributed by atoms with E-state index in [0.717, 1.165) is 0 Å². The second-order valence-corrected chi connectivity index (χ2v) is 3.70. The van der Waals surface area contributed by atoms with E-state index in [4.69, 9.17) is 23.2 Å². The second-order valence-electron chi connectivity index (χ2n) is 2.99. The van der Waals surface area contributed by atoms with Crippen molar-refractivity contribution in [2.45, 2.75) is 18.2 Å². The Bertz CT molecular complexity index is 350. The average molecular weight is 233 g/mol. The van der Waals surface area contributed by atoms with Crippen LogP contribution < -0.4 is 0 Å². The van der Waals surface area contributed by atoms with Gasteiger partial charge in [-0.25, -0.2) is 0 Å². The Kier molecular flexibility index (Phi) is 3.78. The first-order chi connectivity index (χ1) is 6.56. The third-order valence-electron chi connectivity index (χ3n) is 1.90. The number of Topliss-reactive ketones (excluding diaryl/α,β-unsaturated/α-hetero) is 1. The summed E-state index contributed by atoms with van der Waals surface area (Å²) in [6.45, 7) is 1.42. The summed E-state index contributed by atoms with van der Waals surface area (Å²) in [5.41, 5.74) is 1.24. The number of carbonyl (C=O) groups excluding carboxylic acids is 1. The number of phenolic OH excluding ortho intramolecular Hbond substituents is 1. The third kappa shape index (κ3) is 2.40. The zero-order chi connectivity index (χ0) is 10.7. The van der Waals surface area contributed by atoms with Gasteiger partial charge >= 0.3 is 0 Å². The largest absolute Gasteiger partial charge is 0.508 e. The fourth-order valence-electron chi connectivity index (χ4n) is 1.10. The van der Waals surface area contributed by atoms with Gasteiger partial charge in [0.05, 0.1) is 5.88 Å². The lowest BCUT2D eigenvalue weighted by atomic mass is 10.1. The molecular weight excluding hydrogens is 223 g/mol. The van der Waals surface area contributed by atoms with Crippen molar-refractivity contribution in [3.8, 4) is 5.75 Å². The van der Waals surface area contributed by atoms with Crippen LogP contribution in [0.15, 0.2) is 18.2 Å². The van der Waals surface area contributed by atoms with E-state index in [2.05, 4.69) is 0 Å². The smallest absolute Gasteiger partial charge is 0.152 e. The summed E-state index contributed by atoms with van der Waals surface area (Å²) in [7, 11) is 0. The van der Waals surface area contributed by atoms with Crippen molar-refractivity contribution >= 4 is 29.0 Å². The SMILES string of the molecule is CC(=O)C(Cl)c1ccc(O)c(CCl)c1. The first-order valence-corrected chi connectivity index (χ1v) is 5.05. The second kappa shape index (κ2) is 4.67. The van der Waals surface area contributed by atoms with E-state index in [1.807, 2.05) is 0 Å². The highest BCUT2D eigenvalue weighted by atomic mass is 35.5. The predicted molar refractivity (Wildman–Crippen MR) is 56.9 cm³/mol. The summed E-state index contributed by atoms with van der Waals surface area (Å²) in [6.07, 6.45) is 0. The van der Waals surface area contributed by atoms with E-state index in [1.54, 1.807) is 12.1 Å². The zero-order valence-corrected chi connectivity index (χ0v) is 9.14. The first kappa shape index (κ1) is 11.3. The Labute approximate surface area is 92.5 Å². The van der Waals surface area contributed by atoms with E-state index in [9.17, 15) is 9.90 Å². The maximum absolute atomic E-state index is 11.0. The van der Waals surface area contributed by atoms with Crippen molar-refractivity contribution in [2.24, 2.45) is 0 Å². The molecule has 1 N–H and O–H groups in total. The van der Waals surface area contributed by atoms with Crippen LogP contribution in [0.2, 0.25) is 0 Å². The van der Waals surface area contributed by atoms with Gasteiger partial charge in [-0.3, -0.25) is 4.79 Å². The molecule has 0 aliphatic heterocycles. The van der Waals surface area contributed by atoms with Crippen LogP contribution in [0.5, 0.6) is 5.75 Å². The van der Waals surface area contributed by atoms with Crippen LogP contribution in [0.3, 0.4) is 0 Å². The van der Waals surface area contributed by atoms with E-state index in [0.29, 0.717) is 11.1 Å². The third-order valence-corrected chi connectivity index (χ3v) is 2.74. The molecule has 0 radical (unpaired) electrons. The molecule has 2 nitrogen and oxygen atoms in total. The molecule has 14 heavy (non-hydrogen) atoms. The number of ketones is 1. The topological polar surface area (TPSA) is 37.3 Å². The Hall–Kier alpha value is -0.730. The molecule has 0 saturated carbocycles. The highest BCUT2D eigenvalue weighted by Crippen LogP contribution is 2.27. The standard InChI is InChI=1S/C10H10Cl2O2/c1-6(13)10(12)7-2-3-9(14)8(4-7)5-11/h2-4,10,14H,5H2,1H3. The van der Waals surface area contributed by atoms with Gasteiger partial charge in [-0.1, -0.05) is 6.07 Å². The minimum absolute atomic E-state index is 0.121. The summed E-state index contributed by atoms with van der Waals surface area (Å²) >= 11 is 11.4. The molecule has 0 amide bonds. The van der Waals surface area contributed by atoms with Gasteiger partial charge in [0.2, 0.25) is 0 Å². The van der Waals surface area contributed by atoms with Crippen LogP contribution >= 0.6 is 23.2 Å². The van der Waals surface area contributed by atoms with Gasteiger partial charge in [-0.15, -0.1) is 23.2 Å². The van der Waals surface area contributed by atoms with Crippen molar-refractivity contribution in [3.05, 3.63) is 29.3 Å². The molecule has 0 saturated heterocycles. The molecule has 1 aromatic rings. The highest BCUT2D eigenvalue weighted by molar-refractivity contribution is 6.30. The van der Waals surface area contributed by atoms with Crippen molar-refractivity contribution < 1.29 is 9.90 Å². The van der Waals surface area contributed by atoms with E-state index < -0.39 is 5.38 Å². The highest BCUT2D eigenvalue weighted by Gasteiger charge is 2.14. The van der Waals surface area contributed by atoms with Gasteiger partial charge < -0.3 is 5.11 Å². The molecule has 4 heteroatoms. The van der Waals surface area contributed by atoms with Crippen molar-refractivity contribution in [2.75, 3.05) is 0 Å². The number of carbonyl (C=O) groups is 1. The minimum Gasteiger partial charge on any atom is -0.508 e. The lowest BCUT2D eigenvalue weighted by molar-refractivity contribution is -0.116. The molecule has 0 heterocycles. The lowest BCUT2D eigenvalue weighted by Crippen LogP contribution is -2.01. The number of rotatable bonds is 3. The number of phenols is 1. The molecule has 1 aromatic carbocycles. The quantitative estimate of drug-likeness (QED) is 0.814. The Morgan fingerprint density at radius 1 is 1.57 bits per heavy atom.